The SMILES string of the molecule is CC(C)(C)CC(N)c1ccc(Cl)cc1.Cl. The summed E-state index contributed by atoms with van der Waals surface area (Å²) in [5.41, 5.74) is 7.51. The van der Waals surface area contributed by atoms with Gasteiger partial charge in [-0.2, -0.15) is 0 Å². The quantitative estimate of drug-likeness (QED) is 0.834. The van der Waals surface area contributed by atoms with Crippen molar-refractivity contribution in [2.75, 3.05) is 0 Å². The second kappa shape index (κ2) is 5.74. The van der Waals surface area contributed by atoms with Crippen molar-refractivity contribution in [3.05, 3.63) is 34.9 Å². The van der Waals surface area contributed by atoms with Crippen LogP contribution < -0.4 is 5.73 Å². The lowest BCUT2D eigenvalue weighted by Gasteiger charge is -2.23. The van der Waals surface area contributed by atoms with Gasteiger partial charge in [0.2, 0.25) is 0 Å². The minimum atomic E-state index is 0. The van der Waals surface area contributed by atoms with Crippen molar-refractivity contribution >= 4 is 24.0 Å². The number of benzene rings is 1. The molecule has 0 fully saturated rings. The highest BCUT2D eigenvalue weighted by Gasteiger charge is 2.16. The molecule has 1 aromatic rings. The Morgan fingerprint density at radius 3 is 2.07 bits per heavy atom. The van der Waals surface area contributed by atoms with Gasteiger partial charge in [-0.15, -0.1) is 12.4 Å². The van der Waals surface area contributed by atoms with Crippen molar-refractivity contribution in [1.29, 1.82) is 0 Å². The molecule has 0 aromatic heterocycles. The molecule has 1 nitrogen and oxygen atoms in total. The zero-order chi connectivity index (χ0) is 10.8. The minimum absolute atomic E-state index is 0. The largest absolute Gasteiger partial charge is 0.324 e. The van der Waals surface area contributed by atoms with E-state index < -0.39 is 0 Å². The molecule has 1 atom stereocenters. The summed E-state index contributed by atoms with van der Waals surface area (Å²) in [5, 5.41) is 0.761. The summed E-state index contributed by atoms with van der Waals surface area (Å²) in [7, 11) is 0. The molecule has 0 amide bonds. The van der Waals surface area contributed by atoms with E-state index in [2.05, 4.69) is 20.8 Å². The lowest BCUT2D eigenvalue weighted by atomic mass is 9.86. The predicted molar refractivity (Wildman–Crippen MR) is 69.7 cm³/mol. The van der Waals surface area contributed by atoms with Crippen LogP contribution in [0, 0.1) is 5.41 Å². The predicted octanol–water partition coefficient (Wildman–Crippen LogP) is 4.20. The average molecular weight is 248 g/mol. The van der Waals surface area contributed by atoms with Gasteiger partial charge in [0.1, 0.15) is 0 Å². The van der Waals surface area contributed by atoms with Crippen LogP contribution in [-0.2, 0) is 0 Å². The van der Waals surface area contributed by atoms with E-state index >= 15 is 0 Å². The van der Waals surface area contributed by atoms with Crippen LogP contribution >= 0.6 is 24.0 Å². The number of hydrogen-bond donors (Lipinski definition) is 1. The topological polar surface area (TPSA) is 26.0 Å². The van der Waals surface area contributed by atoms with Gasteiger partial charge in [0, 0.05) is 11.1 Å². The Hall–Kier alpha value is -0.240. The van der Waals surface area contributed by atoms with Crippen LogP contribution in [0.15, 0.2) is 24.3 Å². The van der Waals surface area contributed by atoms with Crippen LogP contribution in [-0.4, -0.2) is 0 Å². The minimum Gasteiger partial charge on any atom is -0.324 e. The first-order valence-electron chi connectivity index (χ1n) is 4.89. The van der Waals surface area contributed by atoms with Gasteiger partial charge in [-0.3, -0.25) is 0 Å². The van der Waals surface area contributed by atoms with Gasteiger partial charge < -0.3 is 5.73 Å². The fourth-order valence-electron chi connectivity index (χ4n) is 1.49. The number of halogens is 2. The van der Waals surface area contributed by atoms with Crippen molar-refractivity contribution in [3.63, 3.8) is 0 Å². The summed E-state index contributed by atoms with van der Waals surface area (Å²) in [6, 6.07) is 7.88. The third-order valence-electron chi connectivity index (χ3n) is 2.13. The normalized spacial score (nSPS) is 13.1. The second-order valence-corrected chi connectivity index (χ2v) is 5.36. The van der Waals surface area contributed by atoms with E-state index in [0.717, 1.165) is 17.0 Å². The molecular formula is C12H19Cl2N. The standard InChI is InChI=1S/C12H18ClN.ClH/c1-12(2,3)8-11(14)9-4-6-10(13)7-5-9;/h4-7,11H,8,14H2,1-3H3;1H. The Morgan fingerprint density at radius 1 is 1.20 bits per heavy atom. The zero-order valence-corrected chi connectivity index (χ0v) is 11.0. The first-order valence-corrected chi connectivity index (χ1v) is 5.27. The van der Waals surface area contributed by atoms with Gasteiger partial charge in [0.25, 0.3) is 0 Å². The zero-order valence-electron chi connectivity index (χ0n) is 9.46. The molecule has 0 saturated carbocycles. The number of nitrogens with two attached hydrogens (primary N) is 1. The molecule has 1 rings (SSSR count). The Morgan fingerprint density at radius 2 is 1.67 bits per heavy atom. The first kappa shape index (κ1) is 14.8. The van der Waals surface area contributed by atoms with Crippen molar-refractivity contribution < 1.29 is 0 Å². The molecule has 3 heteroatoms. The van der Waals surface area contributed by atoms with E-state index in [1.54, 1.807) is 0 Å². The van der Waals surface area contributed by atoms with E-state index in [1.807, 2.05) is 24.3 Å². The lowest BCUT2D eigenvalue weighted by molar-refractivity contribution is 0.343. The van der Waals surface area contributed by atoms with Crippen molar-refractivity contribution in [1.82, 2.24) is 0 Å². The van der Waals surface area contributed by atoms with Crippen LogP contribution in [0.25, 0.3) is 0 Å². The Balaban J connectivity index is 0.00000196. The van der Waals surface area contributed by atoms with E-state index in [1.165, 1.54) is 0 Å². The third kappa shape index (κ3) is 5.41. The van der Waals surface area contributed by atoms with Crippen LogP contribution in [0.5, 0.6) is 0 Å². The van der Waals surface area contributed by atoms with E-state index in [0.29, 0.717) is 0 Å². The summed E-state index contributed by atoms with van der Waals surface area (Å²) in [6.07, 6.45) is 0.981. The first-order chi connectivity index (χ1) is 6.38. The highest BCUT2D eigenvalue weighted by atomic mass is 35.5. The maximum absolute atomic E-state index is 6.09. The second-order valence-electron chi connectivity index (χ2n) is 4.92. The lowest BCUT2D eigenvalue weighted by Crippen LogP contribution is -2.18. The molecule has 15 heavy (non-hydrogen) atoms. The van der Waals surface area contributed by atoms with Crippen molar-refractivity contribution in [3.8, 4) is 0 Å². The summed E-state index contributed by atoms with van der Waals surface area (Å²) in [4.78, 5) is 0. The number of rotatable bonds is 2. The smallest absolute Gasteiger partial charge is 0.0406 e. The molecule has 1 unspecified atom stereocenters. The molecule has 0 saturated heterocycles. The molecule has 0 aliphatic rings. The maximum atomic E-state index is 6.09. The Labute approximate surface area is 103 Å². The summed E-state index contributed by atoms with van der Waals surface area (Å²) >= 11 is 5.81. The molecule has 0 bridgehead atoms. The highest BCUT2D eigenvalue weighted by Crippen LogP contribution is 2.28. The fourth-order valence-corrected chi connectivity index (χ4v) is 1.61. The van der Waals surface area contributed by atoms with E-state index in [4.69, 9.17) is 17.3 Å². The molecule has 86 valence electrons. The molecule has 2 N–H and O–H groups in total. The van der Waals surface area contributed by atoms with Crippen molar-refractivity contribution in [2.45, 2.75) is 33.2 Å². The van der Waals surface area contributed by atoms with Gasteiger partial charge in [-0.25, -0.2) is 0 Å². The van der Waals surface area contributed by atoms with Gasteiger partial charge in [-0.1, -0.05) is 44.5 Å². The summed E-state index contributed by atoms with van der Waals surface area (Å²) < 4.78 is 0. The third-order valence-corrected chi connectivity index (χ3v) is 2.38. The Bertz CT molecular complexity index is 287. The van der Waals surface area contributed by atoms with Gasteiger partial charge >= 0.3 is 0 Å². The highest BCUT2D eigenvalue weighted by molar-refractivity contribution is 6.30. The molecule has 0 aliphatic heterocycles. The summed E-state index contributed by atoms with van der Waals surface area (Å²) in [5.74, 6) is 0. The molecule has 0 radical (unpaired) electrons. The van der Waals surface area contributed by atoms with Crippen LogP contribution in [0.3, 0.4) is 0 Å². The fraction of sp³-hybridized carbons (Fsp3) is 0.500. The molecule has 0 spiro atoms. The molecule has 0 aliphatic carbocycles. The van der Waals surface area contributed by atoms with Gasteiger partial charge in [0.15, 0.2) is 0 Å². The maximum Gasteiger partial charge on any atom is 0.0406 e. The summed E-state index contributed by atoms with van der Waals surface area (Å²) in [6.45, 7) is 6.59. The average Bonchev–Trinajstić information content (AvgIpc) is 2.02. The van der Waals surface area contributed by atoms with E-state index in [-0.39, 0.29) is 23.9 Å². The van der Waals surface area contributed by atoms with Crippen molar-refractivity contribution in [2.24, 2.45) is 11.1 Å². The van der Waals surface area contributed by atoms with Gasteiger partial charge in [-0.05, 0) is 29.5 Å². The Kier molecular flexibility index (Phi) is 5.65. The molecule has 0 heterocycles. The van der Waals surface area contributed by atoms with Gasteiger partial charge in [0.05, 0.1) is 0 Å². The van der Waals surface area contributed by atoms with Crippen LogP contribution in [0.4, 0.5) is 0 Å². The molecule has 1 aromatic carbocycles. The van der Waals surface area contributed by atoms with E-state index in [9.17, 15) is 0 Å². The monoisotopic (exact) mass is 247 g/mol. The van der Waals surface area contributed by atoms with Crippen LogP contribution in [0.2, 0.25) is 5.02 Å². The van der Waals surface area contributed by atoms with Crippen LogP contribution in [0.1, 0.15) is 38.8 Å². The molecular weight excluding hydrogens is 229 g/mol. The number of hydrogen-bond acceptors (Lipinski definition) is 1.